The first-order valence-corrected chi connectivity index (χ1v) is 11.5. The third-order valence-electron chi connectivity index (χ3n) is 5.78. The van der Waals surface area contributed by atoms with E-state index < -0.39 is 17.7 Å². The fourth-order valence-electron chi connectivity index (χ4n) is 4.15. The normalized spacial score (nSPS) is 14.8. The zero-order chi connectivity index (χ0) is 23.6. The standard InChI is InChI=1S/C24H28F4N2OS/c1-15-9-16(2)19(17(3)10-15)12-23(31)30-7-5-29(6-8-30)21-13-22(18(4)11-20(21)25)32-14-24(26,27)28/h9-11,13H,5-8,12,14H2,1-4H3. The minimum absolute atomic E-state index is 0.0329. The van der Waals surface area contributed by atoms with Crippen molar-refractivity contribution in [3.05, 3.63) is 57.9 Å². The third-order valence-corrected chi connectivity index (χ3v) is 7.00. The van der Waals surface area contributed by atoms with Crippen LogP contribution in [0.4, 0.5) is 23.2 Å². The van der Waals surface area contributed by atoms with Gasteiger partial charge >= 0.3 is 6.18 Å². The molecule has 1 saturated heterocycles. The number of rotatable bonds is 5. The molecule has 0 bridgehead atoms. The quantitative estimate of drug-likeness (QED) is 0.421. The lowest BCUT2D eigenvalue weighted by molar-refractivity contribution is -0.130. The van der Waals surface area contributed by atoms with Crippen LogP contribution in [0, 0.1) is 33.5 Å². The van der Waals surface area contributed by atoms with Crippen molar-refractivity contribution < 1.29 is 22.4 Å². The highest BCUT2D eigenvalue weighted by atomic mass is 32.2. The topological polar surface area (TPSA) is 23.6 Å². The van der Waals surface area contributed by atoms with Crippen molar-refractivity contribution in [2.45, 2.75) is 45.2 Å². The molecule has 1 aliphatic heterocycles. The van der Waals surface area contributed by atoms with E-state index in [2.05, 4.69) is 12.1 Å². The van der Waals surface area contributed by atoms with Crippen molar-refractivity contribution in [1.82, 2.24) is 4.90 Å². The summed E-state index contributed by atoms with van der Waals surface area (Å²) in [6, 6.07) is 6.93. The summed E-state index contributed by atoms with van der Waals surface area (Å²) in [7, 11) is 0. The van der Waals surface area contributed by atoms with Crippen LogP contribution in [0.1, 0.15) is 27.8 Å². The maximum Gasteiger partial charge on any atom is 0.398 e. The molecule has 0 unspecified atom stereocenters. The molecular weight excluding hydrogens is 440 g/mol. The van der Waals surface area contributed by atoms with Crippen LogP contribution in [0.15, 0.2) is 29.2 Å². The second-order valence-electron chi connectivity index (χ2n) is 8.39. The molecule has 2 aromatic rings. The molecule has 0 aromatic heterocycles. The van der Waals surface area contributed by atoms with Crippen LogP contribution in [-0.2, 0) is 11.2 Å². The molecule has 0 radical (unpaired) electrons. The van der Waals surface area contributed by atoms with Gasteiger partial charge in [-0.2, -0.15) is 13.2 Å². The molecule has 1 heterocycles. The highest BCUT2D eigenvalue weighted by Gasteiger charge is 2.29. The number of aryl methyl sites for hydroxylation is 4. The Labute approximate surface area is 190 Å². The number of hydrogen-bond donors (Lipinski definition) is 0. The number of carbonyl (C=O) groups excluding carboxylic acids is 1. The van der Waals surface area contributed by atoms with Gasteiger partial charge in [-0.1, -0.05) is 17.7 Å². The van der Waals surface area contributed by atoms with E-state index in [1.165, 1.54) is 12.1 Å². The van der Waals surface area contributed by atoms with Crippen LogP contribution in [0.3, 0.4) is 0 Å². The van der Waals surface area contributed by atoms with E-state index in [0.29, 0.717) is 54.8 Å². The molecule has 0 saturated carbocycles. The number of hydrogen-bond acceptors (Lipinski definition) is 3. The lowest BCUT2D eigenvalue weighted by atomic mass is 9.97. The number of halogens is 4. The summed E-state index contributed by atoms with van der Waals surface area (Å²) in [5.41, 5.74) is 5.17. The lowest BCUT2D eigenvalue weighted by Gasteiger charge is -2.36. The molecule has 0 N–H and O–H groups in total. The van der Waals surface area contributed by atoms with Crippen molar-refractivity contribution in [3.8, 4) is 0 Å². The van der Waals surface area contributed by atoms with Gasteiger partial charge in [-0.05, 0) is 62.1 Å². The molecule has 1 amide bonds. The Bertz CT molecular complexity index is 975. The van der Waals surface area contributed by atoms with E-state index in [1.54, 1.807) is 16.7 Å². The molecule has 3 nitrogen and oxygen atoms in total. The Morgan fingerprint density at radius 3 is 2.09 bits per heavy atom. The molecular formula is C24H28F4N2OS. The molecule has 32 heavy (non-hydrogen) atoms. The average molecular weight is 469 g/mol. The summed E-state index contributed by atoms with van der Waals surface area (Å²) in [5, 5.41) is 0. The van der Waals surface area contributed by atoms with Crippen molar-refractivity contribution in [2.24, 2.45) is 0 Å². The van der Waals surface area contributed by atoms with Gasteiger partial charge < -0.3 is 9.80 Å². The van der Waals surface area contributed by atoms with Crippen LogP contribution in [0.5, 0.6) is 0 Å². The highest BCUT2D eigenvalue weighted by Crippen LogP contribution is 2.34. The number of alkyl halides is 3. The molecule has 2 aromatic carbocycles. The fourth-order valence-corrected chi connectivity index (χ4v) is 4.95. The second kappa shape index (κ2) is 9.73. The lowest BCUT2D eigenvalue weighted by Crippen LogP contribution is -2.49. The Hall–Kier alpha value is -2.22. The molecule has 0 aliphatic carbocycles. The van der Waals surface area contributed by atoms with Gasteiger partial charge in [0.1, 0.15) is 5.82 Å². The van der Waals surface area contributed by atoms with E-state index in [1.807, 2.05) is 20.8 Å². The van der Waals surface area contributed by atoms with E-state index in [0.717, 1.165) is 22.3 Å². The number of thioether (sulfide) groups is 1. The third kappa shape index (κ3) is 5.97. The van der Waals surface area contributed by atoms with E-state index in [9.17, 15) is 22.4 Å². The number of anilines is 1. The Morgan fingerprint density at radius 2 is 1.53 bits per heavy atom. The second-order valence-corrected chi connectivity index (χ2v) is 9.41. The number of nitrogens with zero attached hydrogens (tertiary/aromatic N) is 2. The first-order chi connectivity index (χ1) is 14.9. The Balaban J connectivity index is 1.66. The Morgan fingerprint density at radius 1 is 0.938 bits per heavy atom. The van der Waals surface area contributed by atoms with Crippen LogP contribution < -0.4 is 4.90 Å². The van der Waals surface area contributed by atoms with Crippen molar-refractivity contribution in [3.63, 3.8) is 0 Å². The molecule has 0 spiro atoms. The number of amides is 1. The van der Waals surface area contributed by atoms with Crippen LogP contribution in [0.2, 0.25) is 0 Å². The number of carbonyl (C=O) groups is 1. The number of benzene rings is 2. The smallest absolute Gasteiger partial charge is 0.366 e. The minimum atomic E-state index is -4.29. The van der Waals surface area contributed by atoms with Gasteiger partial charge in [0.25, 0.3) is 0 Å². The molecule has 1 fully saturated rings. The van der Waals surface area contributed by atoms with E-state index in [4.69, 9.17) is 0 Å². The predicted octanol–water partition coefficient (Wildman–Crippen LogP) is 5.61. The van der Waals surface area contributed by atoms with Crippen LogP contribution in [0.25, 0.3) is 0 Å². The van der Waals surface area contributed by atoms with Gasteiger partial charge in [0, 0.05) is 31.1 Å². The molecule has 8 heteroatoms. The first-order valence-electron chi connectivity index (χ1n) is 10.5. The number of piperazine rings is 1. The highest BCUT2D eigenvalue weighted by molar-refractivity contribution is 7.99. The monoisotopic (exact) mass is 468 g/mol. The largest absolute Gasteiger partial charge is 0.398 e. The van der Waals surface area contributed by atoms with E-state index >= 15 is 0 Å². The van der Waals surface area contributed by atoms with Crippen molar-refractivity contribution in [1.29, 1.82) is 0 Å². The average Bonchev–Trinajstić information content (AvgIpc) is 2.69. The Kier molecular flexibility index (Phi) is 7.43. The fraction of sp³-hybridized carbons (Fsp3) is 0.458. The maximum absolute atomic E-state index is 14.6. The molecule has 3 rings (SSSR count). The van der Waals surface area contributed by atoms with Gasteiger partial charge in [0.15, 0.2) is 0 Å². The predicted molar refractivity (Wildman–Crippen MR) is 121 cm³/mol. The van der Waals surface area contributed by atoms with Crippen LogP contribution >= 0.6 is 11.8 Å². The van der Waals surface area contributed by atoms with Crippen LogP contribution in [-0.4, -0.2) is 48.9 Å². The van der Waals surface area contributed by atoms with Gasteiger partial charge in [0.05, 0.1) is 17.9 Å². The van der Waals surface area contributed by atoms with Crippen molar-refractivity contribution >= 4 is 23.4 Å². The van der Waals surface area contributed by atoms with Crippen molar-refractivity contribution in [2.75, 3.05) is 36.8 Å². The first kappa shape index (κ1) is 24.4. The molecule has 1 aliphatic rings. The zero-order valence-electron chi connectivity index (χ0n) is 18.8. The summed E-state index contributed by atoms with van der Waals surface area (Å²) >= 11 is 0.668. The van der Waals surface area contributed by atoms with Gasteiger partial charge in [-0.25, -0.2) is 4.39 Å². The summed E-state index contributed by atoms with van der Waals surface area (Å²) in [6.07, 6.45) is -3.96. The zero-order valence-corrected chi connectivity index (χ0v) is 19.6. The van der Waals surface area contributed by atoms with Gasteiger partial charge in [-0.3, -0.25) is 4.79 Å². The maximum atomic E-state index is 14.6. The van der Waals surface area contributed by atoms with E-state index in [-0.39, 0.29) is 11.6 Å². The van der Waals surface area contributed by atoms with Gasteiger partial charge in [-0.15, -0.1) is 11.8 Å². The molecule has 174 valence electrons. The summed E-state index contributed by atoms with van der Waals surface area (Å²) < 4.78 is 52.4. The summed E-state index contributed by atoms with van der Waals surface area (Å²) in [5.74, 6) is -1.44. The summed E-state index contributed by atoms with van der Waals surface area (Å²) in [4.78, 5) is 16.9. The SMILES string of the molecule is Cc1cc(C)c(CC(=O)N2CCN(c3cc(SCC(F)(F)F)c(C)cc3F)CC2)c(C)c1. The molecule has 0 atom stereocenters. The minimum Gasteiger partial charge on any atom is -0.366 e. The summed E-state index contributed by atoms with van der Waals surface area (Å²) in [6.45, 7) is 9.41. The van der Waals surface area contributed by atoms with Gasteiger partial charge in [0.2, 0.25) is 5.91 Å².